The lowest BCUT2D eigenvalue weighted by molar-refractivity contribution is -0.171. The average Bonchev–Trinajstić information content (AvgIpc) is 2.55. The van der Waals surface area contributed by atoms with Crippen molar-refractivity contribution in [3.8, 4) is 0 Å². The summed E-state index contributed by atoms with van der Waals surface area (Å²) >= 11 is 5.70. The number of halogens is 4. The number of rotatable bonds is 5. The second kappa shape index (κ2) is 7.47. The fraction of sp³-hybridized carbons (Fsp3) is 0.375. The monoisotopic (exact) mass is 437 g/mol. The van der Waals surface area contributed by atoms with Crippen LogP contribution in [0.1, 0.15) is 17.6 Å². The number of hydrogen-bond acceptors (Lipinski definition) is 5. The molecule has 12 heteroatoms. The maximum Gasteiger partial charge on any atom is 0.409 e. The van der Waals surface area contributed by atoms with E-state index in [9.17, 15) is 26.4 Å². The third kappa shape index (κ3) is 3.93. The van der Waals surface area contributed by atoms with E-state index in [-0.39, 0.29) is 34.1 Å². The van der Waals surface area contributed by atoms with Gasteiger partial charge in [0.1, 0.15) is 17.0 Å². The molecule has 2 heterocycles. The minimum Gasteiger partial charge on any atom is -0.377 e. The van der Waals surface area contributed by atoms with Gasteiger partial charge in [-0.1, -0.05) is 23.7 Å². The molecule has 0 amide bonds. The normalized spacial score (nSPS) is 16.8. The molecule has 0 saturated carbocycles. The Morgan fingerprint density at radius 2 is 1.89 bits per heavy atom. The Bertz CT molecular complexity index is 1020. The van der Waals surface area contributed by atoms with Crippen molar-refractivity contribution >= 4 is 21.6 Å². The smallest absolute Gasteiger partial charge is 0.377 e. The molecular formula is C16H15ClF3N3O4S. The molecule has 1 aliphatic rings. The van der Waals surface area contributed by atoms with Crippen LogP contribution in [0, 0.1) is 0 Å². The zero-order chi connectivity index (χ0) is 20.7. The molecule has 1 fully saturated rings. The van der Waals surface area contributed by atoms with Gasteiger partial charge < -0.3 is 4.74 Å². The summed E-state index contributed by atoms with van der Waals surface area (Å²) in [5.41, 5.74) is -1.05. The first-order valence-electron chi connectivity index (χ1n) is 7.98. The highest BCUT2D eigenvalue weighted by Gasteiger charge is 2.47. The Hall–Kier alpha value is -1.95. The zero-order valence-corrected chi connectivity index (χ0v) is 16.0. The Morgan fingerprint density at radius 1 is 1.29 bits per heavy atom. The molecule has 3 rings (SSSR count). The van der Waals surface area contributed by atoms with E-state index >= 15 is 0 Å². The Morgan fingerprint density at radius 3 is 2.36 bits per heavy atom. The van der Waals surface area contributed by atoms with E-state index in [4.69, 9.17) is 16.3 Å². The van der Waals surface area contributed by atoms with Crippen molar-refractivity contribution in [3.05, 3.63) is 57.5 Å². The molecule has 152 valence electrons. The van der Waals surface area contributed by atoms with E-state index in [0.717, 1.165) is 36.1 Å². The molecule has 0 unspecified atom stereocenters. The maximum atomic E-state index is 13.7. The second-order valence-corrected chi connectivity index (χ2v) is 8.62. The van der Waals surface area contributed by atoms with Gasteiger partial charge in [-0.15, -0.1) is 0 Å². The van der Waals surface area contributed by atoms with E-state index in [1.807, 2.05) is 0 Å². The van der Waals surface area contributed by atoms with Crippen LogP contribution in [0.2, 0.25) is 5.02 Å². The predicted octanol–water partition coefficient (Wildman–Crippen LogP) is 2.39. The molecule has 7 nitrogen and oxygen atoms in total. The lowest BCUT2D eigenvalue weighted by atomic mass is 10.1. The highest BCUT2D eigenvalue weighted by Crippen LogP contribution is 2.39. The first-order valence-corrected chi connectivity index (χ1v) is 9.80. The van der Waals surface area contributed by atoms with Gasteiger partial charge in [-0.3, -0.25) is 4.79 Å². The summed E-state index contributed by atoms with van der Waals surface area (Å²) in [6.45, 7) is 0.511. The number of benzene rings is 1. The number of sulfonamides is 1. The van der Waals surface area contributed by atoms with Gasteiger partial charge >= 0.3 is 6.18 Å². The van der Waals surface area contributed by atoms with Gasteiger partial charge in [0.05, 0.1) is 19.4 Å². The van der Waals surface area contributed by atoms with Crippen LogP contribution in [0.25, 0.3) is 0 Å². The average molecular weight is 438 g/mol. The van der Waals surface area contributed by atoms with Crippen LogP contribution in [0.15, 0.2) is 46.2 Å². The van der Waals surface area contributed by atoms with Crippen molar-refractivity contribution in [1.29, 1.82) is 0 Å². The molecular weight excluding hydrogens is 423 g/mol. The summed E-state index contributed by atoms with van der Waals surface area (Å²) in [6, 6.07) is 2.64. The van der Waals surface area contributed by atoms with Gasteiger partial charge in [-0.25, -0.2) is 13.1 Å². The van der Waals surface area contributed by atoms with Gasteiger partial charge in [0.25, 0.3) is 5.56 Å². The van der Waals surface area contributed by atoms with Gasteiger partial charge in [-0.05, 0) is 17.7 Å². The first kappa shape index (κ1) is 20.8. The molecule has 1 aliphatic heterocycles. The maximum absolute atomic E-state index is 13.7. The highest BCUT2D eigenvalue weighted by atomic mass is 35.5. The van der Waals surface area contributed by atoms with Gasteiger partial charge in [0.2, 0.25) is 10.0 Å². The number of ether oxygens (including phenoxy) is 1. The minimum atomic E-state index is -4.90. The number of nitrogens with zero attached hydrogens (tertiary/aromatic N) is 3. The minimum absolute atomic E-state index is 0.170. The quantitative estimate of drug-likeness (QED) is 0.717. The van der Waals surface area contributed by atoms with Crippen molar-refractivity contribution in [2.45, 2.75) is 23.2 Å². The van der Waals surface area contributed by atoms with Crippen molar-refractivity contribution in [2.75, 3.05) is 20.3 Å². The predicted molar refractivity (Wildman–Crippen MR) is 93.5 cm³/mol. The van der Waals surface area contributed by atoms with Gasteiger partial charge in [-0.2, -0.15) is 22.6 Å². The second-order valence-electron chi connectivity index (χ2n) is 6.18. The lowest BCUT2D eigenvalue weighted by Gasteiger charge is -2.30. The van der Waals surface area contributed by atoms with Crippen molar-refractivity contribution < 1.29 is 26.3 Å². The standard InChI is InChI=1S/C16H15ClF3N3O4S/c1-22(15(16(18,19)20)10-2-4-11(17)5-3-10)28(25,26)13-6-14(24)23(21-7-13)12-8-27-9-12/h2-7,12,15H,8-9H2,1H3/t15-/m1/s1. The van der Waals surface area contributed by atoms with Crippen LogP contribution >= 0.6 is 11.6 Å². The topological polar surface area (TPSA) is 81.5 Å². The van der Waals surface area contributed by atoms with Gasteiger partial charge in [0, 0.05) is 18.1 Å². The van der Waals surface area contributed by atoms with Crippen molar-refractivity contribution in [1.82, 2.24) is 14.1 Å². The summed E-state index contributed by atoms with van der Waals surface area (Å²) in [5.74, 6) is 0. The van der Waals surface area contributed by atoms with E-state index < -0.39 is 32.7 Å². The van der Waals surface area contributed by atoms with Crippen LogP contribution in [0.4, 0.5) is 13.2 Å². The molecule has 0 N–H and O–H groups in total. The number of alkyl halides is 3. The van der Waals surface area contributed by atoms with Crippen LogP contribution in [0.3, 0.4) is 0 Å². The first-order chi connectivity index (χ1) is 13.0. The molecule has 28 heavy (non-hydrogen) atoms. The Labute approximate surface area is 163 Å². The fourth-order valence-corrected chi connectivity index (χ4v) is 4.14. The number of hydrogen-bond donors (Lipinski definition) is 0. The summed E-state index contributed by atoms with van der Waals surface area (Å²) in [6.07, 6.45) is -4.04. The van der Waals surface area contributed by atoms with E-state index in [1.165, 1.54) is 12.1 Å². The lowest BCUT2D eigenvalue weighted by Crippen LogP contribution is -2.41. The van der Waals surface area contributed by atoms with Crippen LogP contribution in [-0.2, 0) is 14.8 Å². The van der Waals surface area contributed by atoms with Gasteiger partial charge in [0.15, 0.2) is 0 Å². The summed E-state index contributed by atoms with van der Waals surface area (Å²) in [4.78, 5) is 11.5. The molecule has 1 aromatic carbocycles. The molecule has 0 radical (unpaired) electrons. The molecule has 1 saturated heterocycles. The summed E-state index contributed by atoms with van der Waals surface area (Å²) in [5, 5.41) is 3.99. The van der Waals surface area contributed by atoms with E-state index in [1.54, 1.807) is 0 Å². The van der Waals surface area contributed by atoms with Crippen molar-refractivity contribution in [3.63, 3.8) is 0 Å². The molecule has 2 aromatic rings. The SMILES string of the molecule is CN([C@H](c1ccc(Cl)cc1)C(F)(F)F)S(=O)(=O)c1cnn(C2COC2)c(=O)c1. The number of aromatic nitrogens is 2. The summed E-state index contributed by atoms with van der Waals surface area (Å²) < 4.78 is 72.7. The molecule has 0 bridgehead atoms. The third-order valence-corrected chi connectivity index (χ3v) is 6.34. The molecule has 1 aromatic heterocycles. The highest BCUT2D eigenvalue weighted by molar-refractivity contribution is 7.89. The molecule has 1 atom stereocenters. The Balaban J connectivity index is 1.99. The van der Waals surface area contributed by atoms with Crippen LogP contribution in [0.5, 0.6) is 0 Å². The Kier molecular flexibility index (Phi) is 5.54. The summed E-state index contributed by atoms with van der Waals surface area (Å²) in [7, 11) is -3.86. The largest absolute Gasteiger partial charge is 0.409 e. The van der Waals surface area contributed by atoms with E-state index in [2.05, 4.69) is 5.10 Å². The van der Waals surface area contributed by atoms with Crippen molar-refractivity contribution in [2.24, 2.45) is 0 Å². The molecule has 0 spiro atoms. The molecule has 0 aliphatic carbocycles. The third-order valence-electron chi connectivity index (χ3n) is 4.30. The van der Waals surface area contributed by atoms with Crippen LogP contribution < -0.4 is 5.56 Å². The zero-order valence-electron chi connectivity index (χ0n) is 14.4. The van der Waals surface area contributed by atoms with Crippen LogP contribution in [-0.4, -0.2) is 48.9 Å². The fourth-order valence-electron chi connectivity index (χ4n) is 2.74. The van der Waals surface area contributed by atoms with E-state index in [0.29, 0.717) is 0 Å².